The number of methoxy groups -OCH3 is 1. The molecule has 0 unspecified atom stereocenters. The summed E-state index contributed by atoms with van der Waals surface area (Å²) in [6.07, 6.45) is 1.77. The van der Waals surface area contributed by atoms with Crippen LogP contribution in [0.1, 0.15) is 51.4 Å². The van der Waals surface area contributed by atoms with Gasteiger partial charge in [0.25, 0.3) is 11.8 Å². The number of ether oxygens (including phenoxy) is 1. The van der Waals surface area contributed by atoms with Crippen LogP contribution in [0.2, 0.25) is 0 Å². The van der Waals surface area contributed by atoms with Gasteiger partial charge in [-0.1, -0.05) is 19.9 Å². The largest absolute Gasteiger partial charge is 0.453 e. The highest BCUT2D eigenvalue weighted by Gasteiger charge is 2.28. The van der Waals surface area contributed by atoms with E-state index in [1.165, 1.54) is 18.4 Å². The van der Waals surface area contributed by atoms with Crippen molar-refractivity contribution in [2.75, 3.05) is 12.4 Å². The predicted octanol–water partition coefficient (Wildman–Crippen LogP) is 4.49. The number of aryl methyl sites for hydroxylation is 1. The Hall–Kier alpha value is -2.32. The molecule has 0 saturated carbocycles. The molecule has 0 bridgehead atoms. The minimum absolute atomic E-state index is 0.279. The predicted molar refractivity (Wildman–Crippen MR) is 112 cm³/mol. The molecule has 148 valence electrons. The van der Waals surface area contributed by atoms with Gasteiger partial charge in [0.2, 0.25) is 0 Å². The third kappa shape index (κ3) is 4.56. The lowest BCUT2D eigenvalue weighted by molar-refractivity contribution is 0.0937. The Bertz CT molecular complexity index is 921. The first kappa shape index (κ1) is 20.4. The lowest BCUT2D eigenvalue weighted by atomic mass is 10.1. The molecule has 1 aliphatic carbocycles. The summed E-state index contributed by atoms with van der Waals surface area (Å²) in [4.78, 5) is 38.9. The first-order chi connectivity index (χ1) is 13.4. The topological polar surface area (TPSA) is 84.5 Å². The Morgan fingerprint density at radius 2 is 1.96 bits per heavy atom. The SMILES string of the molecule is COC(=O)NC(=O)c1c(NC(=O)c2cccc(SC(C)C)c2)sc2c1CCC2. The van der Waals surface area contributed by atoms with Crippen LogP contribution in [0.25, 0.3) is 0 Å². The molecule has 1 aromatic carbocycles. The monoisotopic (exact) mass is 418 g/mol. The van der Waals surface area contributed by atoms with E-state index in [9.17, 15) is 14.4 Å². The summed E-state index contributed by atoms with van der Waals surface area (Å²) in [6, 6.07) is 7.40. The molecule has 0 aliphatic heterocycles. The molecule has 0 spiro atoms. The number of fused-ring (bicyclic) bond motifs is 1. The number of anilines is 1. The van der Waals surface area contributed by atoms with E-state index in [0.717, 1.165) is 34.6 Å². The Morgan fingerprint density at radius 1 is 1.18 bits per heavy atom. The number of rotatable bonds is 5. The molecular formula is C20H22N2O4S2. The van der Waals surface area contributed by atoms with Crippen molar-refractivity contribution in [3.63, 3.8) is 0 Å². The quantitative estimate of drug-likeness (QED) is 0.699. The van der Waals surface area contributed by atoms with Gasteiger partial charge in [-0.2, -0.15) is 0 Å². The average molecular weight is 419 g/mol. The fourth-order valence-electron chi connectivity index (χ4n) is 3.10. The summed E-state index contributed by atoms with van der Waals surface area (Å²) in [7, 11) is 1.20. The first-order valence-electron chi connectivity index (χ1n) is 9.01. The van der Waals surface area contributed by atoms with Gasteiger partial charge in [-0.05, 0) is 43.0 Å². The highest BCUT2D eigenvalue weighted by Crippen LogP contribution is 2.39. The van der Waals surface area contributed by atoms with E-state index in [-0.39, 0.29) is 5.91 Å². The fraction of sp³-hybridized carbons (Fsp3) is 0.350. The van der Waals surface area contributed by atoms with Crippen LogP contribution < -0.4 is 10.6 Å². The first-order valence-corrected chi connectivity index (χ1v) is 10.7. The van der Waals surface area contributed by atoms with E-state index in [0.29, 0.717) is 21.4 Å². The summed E-state index contributed by atoms with van der Waals surface area (Å²) >= 11 is 3.08. The number of amides is 3. The number of hydrogen-bond acceptors (Lipinski definition) is 6. The standard InChI is InChI=1S/C20H22N2O4S2/c1-11(2)27-13-7-4-6-12(10-13)17(23)21-19-16(18(24)22-20(25)26-3)14-8-5-9-15(14)28-19/h4,6-7,10-11H,5,8-9H2,1-3H3,(H,21,23)(H,22,24,25). The maximum atomic E-state index is 12.8. The van der Waals surface area contributed by atoms with Gasteiger partial charge in [0.05, 0.1) is 12.7 Å². The van der Waals surface area contributed by atoms with Crippen LogP contribution in [0.5, 0.6) is 0 Å². The van der Waals surface area contributed by atoms with Crippen LogP contribution >= 0.6 is 23.1 Å². The second kappa shape index (κ2) is 8.79. The maximum Gasteiger partial charge on any atom is 0.413 e. The van der Waals surface area contributed by atoms with E-state index in [1.54, 1.807) is 17.8 Å². The molecule has 28 heavy (non-hydrogen) atoms. The summed E-state index contributed by atoms with van der Waals surface area (Å²) in [5.41, 5.74) is 1.80. The lowest BCUT2D eigenvalue weighted by Gasteiger charge is -2.10. The number of thioether (sulfide) groups is 1. The molecule has 2 N–H and O–H groups in total. The van der Waals surface area contributed by atoms with Crippen LogP contribution in [0, 0.1) is 0 Å². The second-order valence-corrected chi connectivity index (χ2v) is 9.41. The molecule has 0 atom stereocenters. The molecule has 0 radical (unpaired) electrons. The molecule has 3 amide bonds. The van der Waals surface area contributed by atoms with Crippen LogP contribution in [0.15, 0.2) is 29.2 Å². The summed E-state index contributed by atoms with van der Waals surface area (Å²) in [5.74, 6) is -0.830. The third-order valence-electron chi connectivity index (χ3n) is 4.24. The second-order valence-electron chi connectivity index (χ2n) is 6.66. The number of thiophene rings is 1. The normalized spacial score (nSPS) is 12.6. The Morgan fingerprint density at radius 3 is 2.68 bits per heavy atom. The van der Waals surface area contributed by atoms with Gasteiger partial charge in [0, 0.05) is 20.6 Å². The van der Waals surface area contributed by atoms with Crippen molar-refractivity contribution in [2.45, 2.75) is 43.3 Å². The van der Waals surface area contributed by atoms with E-state index in [1.807, 2.05) is 18.2 Å². The molecule has 1 aliphatic rings. The third-order valence-corrected chi connectivity index (χ3v) is 6.45. The highest BCUT2D eigenvalue weighted by atomic mass is 32.2. The van der Waals surface area contributed by atoms with Crippen molar-refractivity contribution in [1.29, 1.82) is 0 Å². The zero-order valence-electron chi connectivity index (χ0n) is 16.0. The molecule has 8 heteroatoms. The molecule has 0 saturated heterocycles. The number of benzene rings is 1. The number of carbonyl (C=O) groups excluding carboxylic acids is 3. The van der Waals surface area contributed by atoms with E-state index >= 15 is 0 Å². The van der Waals surface area contributed by atoms with Gasteiger partial charge in [-0.15, -0.1) is 23.1 Å². The fourth-order valence-corrected chi connectivity index (χ4v) is 5.28. The summed E-state index contributed by atoms with van der Waals surface area (Å²) in [5, 5.41) is 5.94. The molecule has 1 aromatic heterocycles. The van der Waals surface area contributed by atoms with E-state index in [2.05, 4.69) is 29.2 Å². The smallest absolute Gasteiger partial charge is 0.413 e. The number of alkyl carbamates (subject to hydrolysis) is 1. The minimum Gasteiger partial charge on any atom is -0.453 e. The van der Waals surface area contributed by atoms with E-state index in [4.69, 9.17) is 0 Å². The zero-order valence-corrected chi connectivity index (χ0v) is 17.6. The van der Waals surface area contributed by atoms with Crippen LogP contribution in [0.3, 0.4) is 0 Å². The number of imide groups is 1. The molecule has 1 heterocycles. The van der Waals surface area contributed by atoms with Gasteiger partial charge in [0.1, 0.15) is 5.00 Å². The van der Waals surface area contributed by atoms with Gasteiger partial charge >= 0.3 is 6.09 Å². The molecular weight excluding hydrogens is 396 g/mol. The van der Waals surface area contributed by atoms with Crippen LogP contribution in [-0.4, -0.2) is 30.3 Å². The van der Waals surface area contributed by atoms with Gasteiger partial charge < -0.3 is 10.1 Å². The van der Waals surface area contributed by atoms with Crippen LogP contribution in [0.4, 0.5) is 9.80 Å². The molecule has 0 fully saturated rings. The van der Waals surface area contributed by atoms with Crippen LogP contribution in [-0.2, 0) is 17.6 Å². The number of hydrogen-bond donors (Lipinski definition) is 2. The molecule has 6 nitrogen and oxygen atoms in total. The molecule has 2 aromatic rings. The molecule has 3 rings (SSSR count). The Kier molecular flexibility index (Phi) is 6.41. The van der Waals surface area contributed by atoms with Gasteiger partial charge in [0.15, 0.2) is 0 Å². The Labute approximate surface area is 172 Å². The summed E-state index contributed by atoms with van der Waals surface area (Å²) in [6.45, 7) is 4.19. The van der Waals surface area contributed by atoms with Crippen molar-refractivity contribution in [2.24, 2.45) is 0 Å². The van der Waals surface area contributed by atoms with Crippen molar-refractivity contribution < 1.29 is 19.1 Å². The van der Waals surface area contributed by atoms with Crippen molar-refractivity contribution in [3.05, 3.63) is 45.8 Å². The van der Waals surface area contributed by atoms with Crippen molar-refractivity contribution >= 4 is 46.0 Å². The zero-order chi connectivity index (χ0) is 20.3. The van der Waals surface area contributed by atoms with E-state index < -0.39 is 12.0 Å². The van der Waals surface area contributed by atoms with Gasteiger partial charge in [-0.3, -0.25) is 14.9 Å². The highest BCUT2D eigenvalue weighted by molar-refractivity contribution is 7.99. The number of carbonyl (C=O) groups is 3. The lowest BCUT2D eigenvalue weighted by Crippen LogP contribution is -2.31. The van der Waals surface area contributed by atoms with Gasteiger partial charge in [-0.25, -0.2) is 4.79 Å². The summed E-state index contributed by atoms with van der Waals surface area (Å²) < 4.78 is 4.52. The van der Waals surface area contributed by atoms with Crippen molar-refractivity contribution in [1.82, 2.24) is 5.32 Å². The number of nitrogens with one attached hydrogen (secondary N) is 2. The maximum absolute atomic E-state index is 12.8. The minimum atomic E-state index is -0.821. The van der Waals surface area contributed by atoms with Crippen molar-refractivity contribution in [3.8, 4) is 0 Å². The average Bonchev–Trinajstić information content (AvgIpc) is 3.21. The Balaban J connectivity index is 1.85.